The van der Waals surface area contributed by atoms with Crippen molar-refractivity contribution in [2.45, 2.75) is 45.7 Å². The van der Waals surface area contributed by atoms with E-state index in [9.17, 15) is 5.11 Å². The second kappa shape index (κ2) is 8.18. The third-order valence-electron chi connectivity index (χ3n) is 4.10. The maximum Gasteiger partial charge on any atom is 0.163 e. The van der Waals surface area contributed by atoms with Crippen LogP contribution in [0.25, 0.3) is 0 Å². The molecule has 0 saturated carbocycles. The molecule has 1 saturated heterocycles. The van der Waals surface area contributed by atoms with E-state index in [4.69, 9.17) is 14.2 Å². The van der Waals surface area contributed by atoms with Crippen LogP contribution in [0.3, 0.4) is 0 Å². The molecule has 2 aromatic carbocycles. The van der Waals surface area contributed by atoms with Crippen molar-refractivity contribution < 1.29 is 19.3 Å². The normalized spacial score (nSPS) is 17.6. The van der Waals surface area contributed by atoms with Crippen molar-refractivity contribution in [1.82, 2.24) is 0 Å². The lowest BCUT2D eigenvalue weighted by Gasteiger charge is -2.23. The Balaban J connectivity index is 1.65. The average Bonchev–Trinajstić information content (AvgIpc) is 2.62. The molecule has 3 rings (SSSR count). The third kappa shape index (κ3) is 4.49. The highest BCUT2D eigenvalue weighted by Crippen LogP contribution is 2.33. The molecule has 0 bridgehead atoms. The van der Waals surface area contributed by atoms with Gasteiger partial charge in [0.1, 0.15) is 6.61 Å². The van der Waals surface area contributed by atoms with Gasteiger partial charge in [-0.05, 0) is 49.4 Å². The van der Waals surface area contributed by atoms with E-state index in [1.807, 2.05) is 49.4 Å². The van der Waals surface area contributed by atoms with Crippen molar-refractivity contribution in [2.75, 3.05) is 6.61 Å². The van der Waals surface area contributed by atoms with Crippen LogP contribution in [0.2, 0.25) is 0 Å². The molecular weight excluding hydrogens is 304 g/mol. The largest absolute Gasteiger partial charge is 0.504 e. The number of aromatic hydroxyl groups is 1. The van der Waals surface area contributed by atoms with Crippen molar-refractivity contribution in [3.05, 3.63) is 59.2 Å². The molecule has 128 valence electrons. The summed E-state index contributed by atoms with van der Waals surface area (Å²) in [6, 6.07) is 13.7. The standard InChI is InChI=1S/C20H24O4/c1-15-11-17(14-24-19-9-5-6-10-22-19)20(21)18(12-15)23-13-16-7-3-2-4-8-16/h2-4,7-8,11-12,19,21H,5-6,9-10,13-14H2,1H3. The van der Waals surface area contributed by atoms with Gasteiger partial charge in [-0.3, -0.25) is 0 Å². The summed E-state index contributed by atoms with van der Waals surface area (Å²) in [5.74, 6) is 0.634. The lowest BCUT2D eigenvalue weighted by molar-refractivity contribution is -0.169. The van der Waals surface area contributed by atoms with Gasteiger partial charge in [-0.15, -0.1) is 0 Å². The second-order valence-electron chi connectivity index (χ2n) is 6.15. The first-order valence-electron chi connectivity index (χ1n) is 8.45. The SMILES string of the molecule is Cc1cc(COC2CCCCO2)c(O)c(OCc2ccccc2)c1. The van der Waals surface area contributed by atoms with Crippen LogP contribution in [-0.2, 0) is 22.7 Å². The van der Waals surface area contributed by atoms with Crippen LogP contribution >= 0.6 is 0 Å². The molecule has 0 spiro atoms. The van der Waals surface area contributed by atoms with Crippen LogP contribution in [0.15, 0.2) is 42.5 Å². The zero-order chi connectivity index (χ0) is 16.8. The molecule has 1 aliphatic heterocycles. The highest BCUT2D eigenvalue weighted by Gasteiger charge is 2.16. The van der Waals surface area contributed by atoms with Gasteiger partial charge >= 0.3 is 0 Å². The molecule has 2 aromatic rings. The molecule has 0 aromatic heterocycles. The number of hydrogen-bond donors (Lipinski definition) is 1. The van der Waals surface area contributed by atoms with E-state index in [2.05, 4.69) is 0 Å². The molecule has 1 aliphatic rings. The molecule has 0 aliphatic carbocycles. The molecule has 0 radical (unpaired) electrons. The van der Waals surface area contributed by atoms with Crippen LogP contribution < -0.4 is 4.74 Å². The minimum atomic E-state index is -0.174. The fourth-order valence-corrected chi connectivity index (χ4v) is 2.80. The van der Waals surface area contributed by atoms with E-state index >= 15 is 0 Å². The summed E-state index contributed by atoms with van der Waals surface area (Å²) >= 11 is 0. The zero-order valence-electron chi connectivity index (χ0n) is 14.0. The van der Waals surface area contributed by atoms with Crippen LogP contribution in [0, 0.1) is 6.92 Å². The number of rotatable bonds is 6. The first-order valence-corrected chi connectivity index (χ1v) is 8.45. The van der Waals surface area contributed by atoms with Gasteiger partial charge < -0.3 is 19.3 Å². The van der Waals surface area contributed by atoms with Gasteiger partial charge in [0.15, 0.2) is 17.8 Å². The quantitative estimate of drug-likeness (QED) is 0.858. The van der Waals surface area contributed by atoms with E-state index in [1.54, 1.807) is 0 Å². The summed E-state index contributed by atoms with van der Waals surface area (Å²) in [5, 5.41) is 10.5. The Morgan fingerprint density at radius 1 is 1.12 bits per heavy atom. The van der Waals surface area contributed by atoms with E-state index < -0.39 is 0 Å². The molecule has 1 heterocycles. The maximum absolute atomic E-state index is 10.5. The minimum absolute atomic E-state index is 0.146. The highest BCUT2D eigenvalue weighted by atomic mass is 16.7. The third-order valence-corrected chi connectivity index (χ3v) is 4.10. The molecule has 1 fully saturated rings. The molecule has 24 heavy (non-hydrogen) atoms. The smallest absolute Gasteiger partial charge is 0.163 e. The Labute approximate surface area is 143 Å². The lowest BCUT2D eigenvalue weighted by Crippen LogP contribution is -2.22. The van der Waals surface area contributed by atoms with Gasteiger partial charge in [0, 0.05) is 12.2 Å². The van der Waals surface area contributed by atoms with E-state index in [0.717, 1.165) is 42.6 Å². The van der Waals surface area contributed by atoms with Gasteiger partial charge in [-0.1, -0.05) is 30.3 Å². The highest BCUT2D eigenvalue weighted by molar-refractivity contribution is 5.48. The summed E-state index contributed by atoms with van der Waals surface area (Å²) in [6.45, 7) is 3.47. The monoisotopic (exact) mass is 328 g/mol. The Morgan fingerprint density at radius 3 is 2.71 bits per heavy atom. The van der Waals surface area contributed by atoms with E-state index in [1.165, 1.54) is 0 Å². The predicted molar refractivity (Wildman–Crippen MR) is 92.0 cm³/mol. The van der Waals surface area contributed by atoms with Crippen molar-refractivity contribution >= 4 is 0 Å². The minimum Gasteiger partial charge on any atom is -0.504 e. The van der Waals surface area contributed by atoms with Gasteiger partial charge in [-0.2, -0.15) is 0 Å². The van der Waals surface area contributed by atoms with Crippen LogP contribution in [0.1, 0.15) is 36.0 Å². The number of phenols is 1. The lowest BCUT2D eigenvalue weighted by atomic mass is 10.1. The average molecular weight is 328 g/mol. The van der Waals surface area contributed by atoms with Gasteiger partial charge in [0.25, 0.3) is 0 Å². The molecule has 1 atom stereocenters. The van der Waals surface area contributed by atoms with Crippen molar-refractivity contribution in [1.29, 1.82) is 0 Å². The fraction of sp³-hybridized carbons (Fsp3) is 0.400. The Hall–Kier alpha value is -2.04. The Morgan fingerprint density at radius 2 is 1.96 bits per heavy atom. The molecule has 1 N–H and O–H groups in total. The number of aryl methyl sites for hydroxylation is 1. The molecular formula is C20H24O4. The first kappa shape index (κ1) is 16.8. The van der Waals surface area contributed by atoms with Crippen molar-refractivity contribution in [3.63, 3.8) is 0 Å². The fourth-order valence-electron chi connectivity index (χ4n) is 2.80. The van der Waals surface area contributed by atoms with Crippen LogP contribution in [0.5, 0.6) is 11.5 Å². The van der Waals surface area contributed by atoms with E-state index in [-0.39, 0.29) is 12.0 Å². The maximum atomic E-state index is 10.5. The number of benzene rings is 2. The summed E-state index contributed by atoms with van der Waals surface area (Å²) in [4.78, 5) is 0. The summed E-state index contributed by atoms with van der Waals surface area (Å²) in [5.41, 5.74) is 2.82. The molecule has 4 heteroatoms. The second-order valence-corrected chi connectivity index (χ2v) is 6.15. The summed E-state index contributed by atoms with van der Waals surface area (Å²) in [6.07, 6.45) is 2.94. The molecule has 1 unspecified atom stereocenters. The summed E-state index contributed by atoms with van der Waals surface area (Å²) < 4.78 is 17.2. The predicted octanol–water partition coefficient (Wildman–Crippen LogP) is 4.32. The van der Waals surface area contributed by atoms with Crippen molar-refractivity contribution in [3.8, 4) is 11.5 Å². The number of ether oxygens (including phenoxy) is 3. The Bertz CT molecular complexity index is 648. The van der Waals surface area contributed by atoms with Gasteiger partial charge in [-0.25, -0.2) is 0 Å². The van der Waals surface area contributed by atoms with Gasteiger partial charge in [0.2, 0.25) is 0 Å². The number of hydrogen-bond acceptors (Lipinski definition) is 4. The first-order chi connectivity index (χ1) is 11.7. The van der Waals surface area contributed by atoms with Crippen molar-refractivity contribution in [2.24, 2.45) is 0 Å². The Kier molecular flexibility index (Phi) is 5.72. The molecule has 0 amide bonds. The van der Waals surface area contributed by atoms with E-state index in [0.29, 0.717) is 19.0 Å². The van der Waals surface area contributed by atoms with Crippen LogP contribution in [-0.4, -0.2) is 18.0 Å². The van der Waals surface area contributed by atoms with Crippen LogP contribution in [0.4, 0.5) is 0 Å². The zero-order valence-corrected chi connectivity index (χ0v) is 14.0. The molecule has 4 nitrogen and oxygen atoms in total. The summed E-state index contributed by atoms with van der Waals surface area (Å²) in [7, 11) is 0. The topological polar surface area (TPSA) is 47.9 Å². The number of phenolic OH excluding ortho intramolecular Hbond substituents is 1. The van der Waals surface area contributed by atoms with Gasteiger partial charge in [0.05, 0.1) is 6.61 Å².